The number of hydrogen-bond acceptors (Lipinski definition) is 7. The highest BCUT2D eigenvalue weighted by molar-refractivity contribution is 5.91. The van der Waals surface area contributed by atoms with Crippen LogP contribution < -0.4 is 15.4 Å². The molecular weight excluding hydrogens is 407 g/mol. The molecule has 0 aliphatic carbocycles. The first-order valence-electron chi connectivity index (χ1n) is 9.96. The molecule has 0 saturated heterocycles. The number of anilines is 1. The van der Waals surface area contributed by atoms with Gasteiger partial charge in [-0.2, -0.15) is 0 Å². The molecule has 2 aromatic carbocycles. The van der Waals surface area contributed by atoms with Gasteiger partial charge in [0.25, 0.3) is 0 Å². The predicted molar refractivity (Wildman–Crippen MR) is 113 cm³/mol. The van der Waals surface area contributed by atoms with Crippen LogP contribution in [0.1, 0.15) is 23.7 Å². The van der Waals surface area contributed by atoms with Gasteiger partial charge in [0.05, 0.1) is 12.2 Å². The summed E-state index contributed by atoms with van der Waals surface area (Å²) in [6.45, 7) is 2.81. The van der Waals surface area contributed by atoms with Crippen molar-refractivity contribution in [3.05, 3.63) is 59.9 Å². The Morgan fingerprint density at radius 2 is 1.81 bits per heavy atom. The number of halogens is 1. The molecule has 2 aromatic rings. The summed E-state index contributed by atoms with van der Waals surface area (Å²) in [7, 11) is 0. The molecule has 0 spiro atoms. The Labute approximate surface area is 180 Å². The van der Waals surface area contributed by atoms with Crippen molar-refractivity contribution >= 4 is 17.7 Å². The average molecular weight is 434 g/mol. The Hall–Kier alpha value is -3.17. The standard InChI is InChI=1S/C22H27FN2O6/c1-2-12-30-22(28)25-17-9-7-16(8-10-17)21(27)31-15-18(26)14-24-11-13-29-20-6-4-3-5-19(20)23/h3-10,18,24,26H,2,11-15H2,1H3,(H,25,28). The predicted octanol–water partition coefficient (Wildman–Crippen LogP) is 2.97. The van der Waals surface area contributed by atoms with Gasteiger partial charge in [0.15, 0.2) is 11.6 Å². The lowest BCUT2D eigenvalue weighted by Gasteiger charge is -2.13. The molecule has 0 bridgehead atoms. The van der Waals surface area contributed by atoms with Crippen LogP contribution >= 0.6 is 0 Å². The van der Waals surface area contributed by atoms with Crippen molar-refractivity contribution in [1.82, 2.24) is 5.32 Å². The zero-order valence-electron chi connectivity index (χ0n) is 17.3. The van der Waals surface area contributed by atoms with Gasteiger partial charge in [0, 0.05) is 18.8 Å². The number of nitrogens with one attached hydrogen (secondary N) is 2. The van der Waals surface area contributed by atoms with Gasteiger partial charge in [-0.15, -0.1) is 0 Å². The van der Waals surface area contributed by atoms with E-state index in [1.165, 1.54) is 24.3 Å². The van der Waals surface area contributed by atoms with Crippen molar-refractivity contribution in [2.45, 2.75) is 19.4 Å². The van der Waals surface area contributed by atoms with E-state index in [1.54, 1.807) is 24.3 Å². The second kappa shape index (κ2) is 13.2. The fourth-order valence-electron chi connectivity index (χ4n) is 2.42. The molecule has 31 heavy (non-hydrogen) atoms. The summed E-state index contributed by atoms with van der Waals surface area (Å²) < 4.78 is 28.7. The quantitative estimate of drug-likeness (QED) is 0.348. The molecule has 3 N–H and O–H groups in total. The third kappa shape index (κ3) is 9.02. The zero-order chi connectivity index (χ0) is 22.5. The summed E-state index contributed by atoms with van der Waals surface area (Å²) >= 11 is 0. The van der Waals surface area contributed by atoms with Crippen LogP contribution in [0, 0.1) is 5.82 Å². The van der Waals surface area contributed by atoms with E-state index in [9.17, 15) is 19.1 Å². The van der Waals surface area contributed by atoms with Gasteiger partial charge in [-0.1, -0.05) is 19.1 Å². The highest BCUT2D eigenvalue weighted by Gasteiger charge is 2.12. The van der Waals surface area contributed by atoms with Crippen molar-refractivity contribution in [2.24, 2.45) is 0 Å². The Morgan fingerprint density at radius 3 is 2.52 bits per heavy atom. The van der Waals surface area contributed by atoms with Crippen LogP contribution in [0.25, 0.3) is 0 Å². The molecule has 0 radical (unpaired) electrons. The molecule has 0 aliphatic rings. The first-order valence-corrected chi connectivity index (χ1v) is 9.96. The van der Waals surface area contributed by atoms with Crippen molar-refractivity contribution in [3.8, 4) is 5.75 Å². The van der Waals surface area contributed by atoms with Gasteiger partial charge in [-0.05, 0) is 42.8 Å². The van der Waals surface area contributed by atoms with Crippen molar-refractivity contribution in [2.75, 3.05) is 38.2 Å². The normalized spacial score (nSPS) is 11.5. The highest BCUT2D eigenvalue weighted by Crippen LogP contribution is 2.14. The van der Waals surface area contributed by atoms with Gasteiger partial charge >= 0.3 is 12.1 Å². The molecule has 2 rings (SSSR count). The number of benzene rings is 2. The second-order valence-electron chi connectivity index (χ2n) is 6.57. The van der Waals surface area contributed by atoms with E-state index < -0.39 is 24.0 Å². The minimum absolute atomic E-state index is 0.165. The molecular formula is C22H27FN2O6. The number of carbonyl (C=O) groups is 2. The largest absolute Gasteiger partial charge is 0.489 e. The van der Waals surface area contributed by atoms with Crippen LogP contribution in [-0.4, -0.2) is 56.2 Å². The number of ether oxygens (including phenoxy) is 3. The summed E-state index contributed by atoms with van der Waals surface area (Å²) in [6.07, 6.45) is -0.750. The third-order valence-corrected chi connectivity index (χ3v) is 3.96. The Balaban J connectivity index is 1.62. The van der Waals surface area contributed by atoms with E-state index in [1.807, 2.05) is 6.92 Å². The van der Waals surface area contributed by atoms with Gasteiger partial charge in [0.1, 0.15) is 19.3 Å². The minimum Gasteiger partial charge on any atom is -0.489 e. The fourth-order valence-corrected chi connectivity index (χ4v) is 2.42. The highest BCUT2D eigenvalue weighted by atomic mass is 19.1. The number of rotatable bonds is 12. The second-order valence-corrected chi connectivity index (χ2v) is 6.57. The maximum Gasteiger partial charge on any atom is 0.411 e. The molecule has 0 saturated carbocycles. The SMILES string of the molecule is CCCOC(=O)Nc1ccc(C(=O)OCC(O)CNCCOc2ccccc2F)cc1. The monoisotopic (exact) mass is 434 g/mol. The number of carbonyl (C=O) groups excluding carboxylic acids is 2. The van der Waals surface area contributed by atoms with Crippen molar-refractivity contribution < 1.29 is 33.3 Å². The molecule has 168 valence electrons. The molecule has 0 fully saturated rings. The van der Waals surface area contributed by atoms with E-state index in [-0.39, 0.29) is 31.1 Å². The number of esters is 1. The number of aliphatic hydroxyl groups is 1. The van der Waals surface area contributed by atoms with Gasteiger partial charge in [-0.25, -0.2) is 14.0 Å². The summed E-state index contributed by atoms with van der Waals surface area (Å²) in [5.74, 6) is -0.866. The van der Waals surface area contributed by atoms with Gasteiger partial charge in [0.2, 0.25) is 0 Å². The van der Waals surface area contributed by atoms with Crippen LogP contribution in [0.2, 0.25) is 0 Å². The molecule has 0 heterocycles. The van der Waals surface area contributed by atoms with Crippen LogP contribution in [0.15, 0.2) is 48.5 Å². The van der Waals surface area contributed by atoms with Crippen LogP contribution in [-0.2, 0) is 9.47 Å². The molecule has 0 aromatic heterocycles. The third-order valence-electron chi connectivity index (χ3n) is 3.96. The van der Waals surface area contributed by atoms with Gasteiger partial charge in [-0.3, -0.25) is 5.32 Å². The van der Waals surface area contributed by atoms with E-state index in [2.05, 4.69) is 10.6 Å². The lowest BCUT2D eigenvalue weighted by Crippen LogP contribution is -2.33. The molecule has 1 amide bonds. The Bertz CT molecular complexity index is 831. The van der Waals surface area contributed by atoms with E-state index in [0.717, 1.165) is 6.42 Å². The maximum absolute atomic E-state index is 13.4. The molecule has 1 atom stereocenters. The van der Waals surface area contributed by atoms with E-state index >= 15 is 0 Å². The summed E-state index contributed by atoms with van der Waals surface area (Å²) in [5, 5.41) is 15.4. The van der Waals surface area contributed by atoms with Crippen LogP contribution in [0.5, 0.6) is 5.75 Å². The summed E-state index contributed by atoms with van der Waals surface area (Å²) in [5.41, 5.74) is 0.769. The first kappa shape index (κ1) is 24.1. The number of para-hydroxylation sites is 1. The topological polar surface area (TPSA) is 106 Å². The lowest BCUT2D eigenvalue weighted by atomic mass is 10.2. The Morgan fingerprint density at radius 1 is 1.06 bits per heavy atom. The fraction of sp³-hybridized carbons (Fsp3) is 0.364. The van der Waals surface area contributed by atoms with E-state index in [0.29, 0.717) is 18.8 Å². The smallest absolute Gasteiger partial charge is 0.411 e. The zero-order valence-corrected chi connectivity index (χ0v) is 17.3. The number of hydrogen-bond donors (Lipinski definition) is 3. The van der Waals surface area contributed by atoms with Crippen LogP contribution in [0.4, 0.5) is 14.9 Å². The molecule has 0 aliphatic heterocycles. The molecule has 1 unspecified atom stereocenters. The average Bonchev–Trinajstić information content (AvgIpc) is 2.77. The summed E-state index contributed by atoms with van der Waals surface area (Å²) in [4.78, 5) is 23.6. The van der Waals surface area contributed by atoms with E-state index in [4.69, 9.17) is 14.2 Å². The summed E-state index contributed by atoms with van der Waals surface area (Å²) in [6, 6.07) is 12.2. The maximum atomic E-state index is 13.4. The minimum atomic E-state index is -0.910. The van der Waals surface area contributed by atoms with Crippen molar-refractivity contribution in [1.29, 1.82) is 0 Å². The molecule has 8 nitrogen and oxygen atoms in total. The van der Waals surface area contributed by atoms with Gasteiger partial charge < -0.3 is 24.6 Å². The number of aliphatic hydroxyl groups excluding tert-OH is 1. The Kier molecular flexibility index (Phi) is 10.3. The number of amides is 1. The molecule has 9 heteroatoms. The first-order chi connectivity index (χ1) is 15.0. The van der Waals surface area contributed by atoms with Crippen molar-refractivity contribution in [3.63, 3.8) is 0 Å². The van der Waals surface area contributed by atoms with Crippen LogP contribution in [0.3, 0.4) is 0 Å². The lowest BCUT2D eigenvalue weighted by molar-refractivity contribution is 0.0258.